The number of ether oxygens (including phenoxy) is 1. The number of hydrogen-bond donors (Lipinski definition) is 4. The van der Waals surface area contributed by atoms with Gasteiger partial charge in [-0.05, 0) is 29.8 Å². The predicted molar refractivity (Wildman–Crippen MR) is 98.3 cm³/mol. The fourth-order valence-electron chi connectivity index (χ4n) is 3.26. The minimum Gasteiger partial charge on any atom is -0.497 e. The van der Waals surface area contributed by atoms with Crippen LogP contribution in [0.2, 0.25) is 0 Å². The number of nitrogens with zero attached hydrogens (tertiary/aromatic N) is 1. The molecule has 0 spiro atoms. The summed E-state index contributed by atoms with van der Waals surface area (Å²) in [7, 11) is 1.64. The maximum Gasteiger partial charge on any atom is 0.226 e. The molecule has 2 heterocycles. The summed E-state index contributed by atoms with van der Waals surface area (Å²) >= 11 is 0. The minimum absolute atomic E-state index is 0.0104. The van der Waals surface area contributed by atoms with Crippen molar-refractivity contribution in [3.63, 3.8) is 0 Å². The smallest absolute Gasteiger partial charge is 0.226 e. The first-order valence-corrected chi connectivity index (χ1v) is 8.58. The van der Waals surface area contributed by atoms with Gasteiger partial charge in [0, 0.05) is 6.54 Å². The van der Waals surface area contributed by atoms with E-state index in [0.29, 0.717) is 13.1 Å². The Labute approximate surface area is 151 Å². The summed E-state index contributed by atoms with van der Waals surface area (Å²) < 4.78 is 5.19. The van der Waals surface area contributed by atoms with E-state index in [4.69, 9.17) is 4.74 Å². The highest BCUT2D eigenvalue weighted by Gasteiger charge is 2.33. The number of hydrogen-bond acceptors (Lipinski definition) is 5. The van der Waals surface area contributed by atoms with Gasteiger partial charge < -0.3 is 15.0 Å². The fourth-order valence-corrected chi connectivity index (χ4v) is 3.26. The number of methoxy groups -OCH3 is 1. The number of hydrazine groups is 1. The fraction of sp³-hybridized carbons (Fsp3) is 0.263. The van der Waals surface area contributed by atoms with E-state index in [1.165, 1.54) is 0 Å². The second kappa shape index (κ2) is 7.15. The quantitative estimate of drug-likeness (QED) is 0.561. The van der Waals surface area contributed by atoms with Crippen LogP contribution in [0, 0.1) is 5.92 Å². The van der Waals surface area contributed by atoms with Crippen LogP contribution in [0.4, 0.5) is 0 Å². The average Bonchev–Trinajstić information content (AvgIpc) is 3.33. The number of H-pyrrole nitrogens is 1. The van der Waals surface area contributed by atoms with Gasteiger partial charge in [0.1, 0.15) is 11.6 Å². The lowest BCUT2D eigenvalue weighted by Crippen LogP contribution is -2.34. The number of aromatic amines is 1. The average molecular weight is 351 g/mol. The first-order chi connectivity index (χ1) is 12.7. The minimum atomic E-state index is -0.201. The summed E-state index contributed by atoms with van der Waals surface area (Å²) in [6, 6.07) is 15.5. The molecule has 1 aliphatic heterocycles. The Kier molecular flexibility index (Phi) is 4.55. The van der Waals surface area contributed by atoms with Gasteiger partial charge in [0.05, 0.1) is 36.6 Å². The number of amides is 1. The number of carbonyl (C=O) groups is 1. The molecule has 1 aliphatic rings. The molecule has 2 atom stereocenters. The lowest BCUT2D eigenvalue weighted by atomic mass is 9.94. The summed E-state index contributed by atoms with van der Waals surface area (Å²) in [6.45, 7) is 0.946. The van der Waals surface area contributed by atoms with Gasteiger partial charge in [0.25, 0.3) is 0 Å². The Morgan fingerprint density at radius 1 is 1.23 bits per heavy atom. The van der Waals surface area contributed by atoms with E-state index >= 15 is 0 Å². The molecule has 4 N–H and O–H groups in total. The van der Waals surface area contributed by atoms with Crippen LogP contribution in [-0.4, -0.2) is 29.5 Å². The molecule has 7 nitrogen and oxygen atoms in total. The van der Waals surface area contributed by atoms with E-state index in [-0.39, 0.29) is 17.9 Å². The van der Waals surface area contributed by atoms with Crippen LogP contribution in [-0.2, 0) is 11.3 Å². The number of aromatic nitrogens is 2. The zero-order chi connectivity index (χ0) is 17.9. The molecule has 1 fully saturated rings. The topological polar surface area (TPSA) is 91.1 Å². The van der Waals surface area contributed by atoms with E-state index in [2.05, 4.69) is 26.1 Å². The van der Waals surface area contributed by atoms with Crippen LogP contribution < -0.4 is 20.9 Å². The number of benzene rings is 2. The number of nitrogens with one attached hydrogen (secondary N) is 4. The zero-order valence-corrected chi connectivity index (χ0v) is 14.5. The van der Waals surface area contributed by atoms with Crippen molar-refractivity contribution in [1.82, 2.24) is 26.1 Å². The maximum absolute atomic E-state index is 12.7. The molecule has 0 aliphatic carbocycles. The van der Waals surface area contributed by atoms with Gasteiger partial charge in [0.15, 0.2) is 0 Å². The van der Waals surface area contributed by atoms with E-state index in [0.717, 1.165) is 28.2 Å². The number of fused-ring (bicyclic) bond motifs is 1. The summed E-state index contributed by atoms with van der Waals surface area (Å²) in [5.74, 6) is 1.33. The molecule has 4 rings (SSSR count). The molecule has 3 aromatic rings. The summed E-state index contributed by atoms with van der Waals surface area (Å²) in [5, 5.41) is 2.99. The largest absolute Gasteiger partial charge is 0.497 e. The first kappa shape index (κ1) is 16.6. The van der Waals surface area contributed by atoms with Gasteiger partial charge in [-0.2, -0.15) is 0 Å². The molecule has 1 amide bonds. The van der Waals surface area contributed by atoms with Crippen LogP contribution >= 0.6 is 0 Å². The van der Waals surface area contributed by atoms with Crippen molar-refractivity contribution >= 4 is 16.9 Å². The molecule has 26 heavy (non-hydrogen) atoms. The van der Waals surface area contributed by atoms with Crippen molar-refractivity contribution in [2.45, 2.75) is 12.6 Å². The normalized spacial score (nSPS) is 19.6. The van der Waals surface area contributed by atoms with E-state index in [9.17, 15) is 4.79 Å². The second-order valence-electron chi connectivity index (χ2n) is 6.30. The highest BCUT2D eigenvalue weighted by atomic mass is 16.5. The van der Waals surface area contributed by atoms with E-state index in [1.807, 2.05) is 48.5 Å². The third-order valence-corrected chi connectivity index (χ3v) is 4.66. The highest BCUT2D eigenvalue weighted by Crippen LogP contribution is 2.26. The first-order valence-electron chi connectivity index (χ1n) is 8.58. The Balaban J connectivity index is 1.42. The van der Waals surface area contributed by atoms with Crippen LogP contribution in [0.25, 0.3) is 11.0 Å². The van der Waals surface area contributed by atoms with Crippen molar-refractivity contribution in [3.8, 4) is 5.75 Å². The molecule has 2 unspecified atom stereocenters. The second-order valence-corrected chi connectivity index (χ2v) is 6.30. The summed E-state index contributed by atoms with van der Waals surface area (Å²) in [5.41, 5.74) is 9.18. The molecule has 2 aromatic carbocycles. The molecule has 1 saturated heterocycles. The Morgan fingerprint density at radius 3 is 2.81 bits per heavy atom. The van der Waals surface area contributed by atoms with Crippen LogP contribution in [0.5, 0.6) is 5.75 Å². The molecule has 0 radical (unpaired) electrons. The van der Waals surface area contributed by atoms with Crippen LogP contribution in [0.3, 0.4) is 0 Å². The molecular weight excluding hydrogens is 330 g/mol. The highest BCUT2D eigenvalue weighted by molar-refractivity contribution is 5.80. The molecule has 134 valence electrons. The van der Waals surface area contributed by atoms with E-state index < -0.39 is 0 Å². The van der Waals surface area contributed by atoms with Gasteiger partial charge in [-0.3, -0.25) is 10.2 Å². The number of carbonyl (C=O) groups excluding carboxylic acids is 1. The zero-order valence-electron chi connectivity index (χ0n) is 14.5. The van der Waals surface area contributed by atoms with E-state index in [1.54, 1.807) is 7.11 Å². The van der Waals surface area contributed by atoms with Crippen molar-refractivity contribution in [3.05, 3.63) is 59.9 Å². The van der Waals surface area contributed by atoms with Gasteiger partial charge in [-0.25, -0.2) is 10.4 Å². The maximum atomic E-state index is 12.7. The van der Waals surface area contributed by atoms with Gasteiger partial charge in [0.2, 0.25) is 5.91 Å². The summed E-state index contributed by atoms with van der Waals surface area (Å²) in [6.07, 6.45) is 0. The monoisotopic (exact) mass is 351 g/mol. The standard InChI is InChI=1S/C19H21N5O2/c1-26-13-8-6-12(7-9-13)18-14(10-21-24-18)19(25)20-11-17-22-15-4-2-3-5-16(15)23-17/h2-9,14,18,21,24H,10-11H2,1H3,(H,20,25)(H,22,23). The molecule has 0 saturated carbocycles. The lowest BCUT2D eigenvalue weighted by Gasteiger charge is -2.18. The Morgan fingerprint density at radius 2 is 2.04 bits per heavy atom. The predicted octanol–water partition coefficient (Wildman–Crippen LogP) is 1.65. The third-order valence-electron chi connectivity index (χ3n) is 4.66. The van der Waals surface area contributed by atoms with Crippen molar-refractivity contribution in [2.24, 2.45) is 5.92 Å². The van der Waals surface area contributed by atoms with Crippen molar-refractivity contribution in [2.75, 3.05) is 13.7 Å². The third kappa shape index (κ3) is 3.26. The Hall–Kier alpha value is -2.90. The number of imidazole rings is 1. The summed E-state index contributed by atoms with van der Waals surface area (Å²) in [4.78, 5) is 20.4. The molecule has 0 bridgehead atoms. The molecular formula is C19H21N5O2. The van der Waals surface area contributed by atoms with Crippen LogP contribution in [0.15, 0.2) is 48.5 Å². The SMILES string of the molecule is COc1ccc(C2NNCC2C(=O)NCc2nc3ccccc3[nH]2)cc1. The molecule has 1 aromatic heterocycles. The van der Waals surface area contributed by atoms with Crippen LogP contribution in [0.1, 0.15) is 17.4 Å². The van der Waals surface area contributed by atoms with Gasteiger partial charge >= 0.3 is 0 Å². The van der Waals surface area contributed by atoms with Gasteiger partial charge in [-0.1, -0.05) is 24.3 Å². The van der Waals surface area contributed by atoms with Gasteiger partial charge in [-0.15, -0.1) is 0 Å². The Bertz CT molecular complexity index is 873. The number of para-hydroxylation sites is 2. The van der Waals surface area contributed by atoms with Crippen molar-refractivity contribution in [1.29, 1.82) is 0 Å². The molecule has 7 heteroatoms. The van der Waals surface area contributed by atoms with Crippen molar-refractivity contribution < 1.29 is 9.53 Å². The lowest BCUT2D eigenvalue weighted by molar-refractivity contribution is -0.125. The number of rotatable bonds is 5.